The number of carboxylic acid groups (broad SMARTS) is 1. The van der Waals surface area contributed by atoms with Crippen LogP contribution in [0.25, 0.3) is 16.9 Å². The van der Waals surface area contributed by atoms with E-state index < -0.39 is 29.3 Å². The summed E-state index contributed by atoms with van der Waals surface area (Å²) in [5.74, 6) is -1.28. The maximum absolute atomic E-state index is 13.6. The van der Waals surface area contributed by atoms with Crippen molar-refractivity contribution >= 4 is 23.3 Å². The molecular weight excluding hydrogens is 441 g/mol. The van der Waals surface area contributed by atoms with Gasteiger partial charge in [-0.3, -0.25) is 5.32 Å². The maximum Gasteiger partial charge on any atom is 0.418 e. The van der Waals surface area contributed by atoms with Crippen molar-refractivity contribution in [1.82, 2.24) is 24.5 Å². The monoisotopic (exact) mass is 460 g/mol. The second kappa shape index (κ2) is 7.15. The van der Waals surface area contributed by atoms with Crippen molar-refractivity contribution in [2.75, 3.05) is 5.32 Å². The summed E-state index contributed by atoms with van der Waals surface area (Å²) >= 11 is 0. The van der Waals surface area contributed by atoms with E-state index in [-0.39, 0.29) is 29.2 Å². The Hall–Kier alpha value is -3.70. The number of hydrogen-bond acceptors (Lipinski definition) is 5. The number of hydrogen-bond donors (Lipinski definition) is 2. The number of aromatic nitrogens is 4. The van der Waals surface area contributed by atoms with Crippen molar-refractivity contribution in [3.63, 3.8) is 0 Å². The number of aliphatic carboxylic acids is 1. The average Bonchev–Trinajstić information content (AvgIpc) is 3.20. The van der Waals surface area contributed by atoms with Gasteiger partial charge in [0, 0.05) is 30.4 Å². The first-order valence-corrected chi connectivity index (χ1v) is 10.3. The number of nitrogens with zero attached hydrogens (tertiary/aromatic N) is 5. The van der Waals surface area contributed by atoms with Crippen LogP contribution in [-0.4, -0.2) is 53.2 Å². The molecule has 2 N–H and O–H groups in total. The molecular formula is C21H19F3N6O3. The fourth-order valence-electron chi connectivity index (χ4n) is 5.01. The Bertz CT molecular complexity index is 1280. The van der Waals surface area contributed by atoms with E-state index in [1.807, 2.05) is 6.92 Å². The molecule has 2 aliphatic heterocycles. The minimum absolute atomic E-state index is 0.153. The van der Waals surface area contributed by atoms with Crippen LogP contribution in [0.3, 0.4) is 0 Å². The Morgan fingerprint density at radius 2 is 2.03 bits per heavy atom. The highest BCUT2D eigenvalue weighted by atomic mass is 19.4. The van der Waals surface area contributed by atoms with Crippen LogP contribution in [0.15, 0.2) is 36.8 Å². The van der Waals surface area contributed by atoms with Crippen molar-refractivity contribution in [2.24, 2.45) is 5.92 Å². The van der Waals surface area contributed by atoms with Crippen molar-refractivity contribution in [1.29, 1.82) is 0 Å². The Morgan fingerprint density at radius 1 is 1.24 bits per heavy atom. The van der Waals surface area contributed by atoms with Crippen LogP contribution in [0.5, 0.6) is 0 Å². The van der Waals surface area contributed by atoms with Crippen molar-refractivity contribution in [2.45, 2.75) is 43.9 Å². The summed E-state index contributed by atoms with van der Waals surface area (Å²) in [5, 5.41) is 16.3. The number of halogens is 3. The molecule has 3 aliphatic rings. The van der Waals surface area contributed by atoms with Crippen LogP contribution in [0, 0.1) is 5.92 Å². The lowest BCUT2D eigenvalue weighted by Gasteiger charge is -2.60. The number of carboxylic acids is 1. The molecule has 6 rings (SSSR count). The number of alkyl halides is 3. The predicted molar refractivity (Wildman–Crippen MR) is 109 cm³/mol. The van der Waals surface area contributed by atoms with Gasteiger partial charge in [0.05, 0.1) is 17.3 Å². The topological polar surface area (TPSA) is 113 Å². The van der Waals surface area contributed by atoms with Crippen LogP contribution in [0.1, 0.15) is 31.7 Å². The van der Waals surface area contributed by atoms with Crippen LogP contribution >= 0.6 is 0 Å². The van der Waals surface area contributed by atoms with Crippen LogP contribution in [0.2, 0.25) is 0 Å². The molecule has 33 heavy (non-hydrogen) atoms. The lowest BCUT2D eigenvalue weighted by Crippen LogP contribution is -2.75. The molecule has 1 saturated carbocycles. The van der Waals surface area contributed by atoms with Gasteiger partial charge in [-0.05, 0) is 37.0 Å². The summed E-state index contributed by atoms with van der Waals surface area (Å²) < 4.78 is 42.3. The normalized spacial score (nSPS) is 24.4. The molecule has 2 saturated heterocycles. The number of fused-ring (bicyclic) bond motifs is 3. The van der Waals surface area contributed by atoms with Gasteiger partial charge >= 0.3 is 18.2 Å². The highest BCUT2D eigenvalue weighted by Crippen LogP contribution is 2.50. The number of piperidine rings is 1. The third kappa shape index (κ3) is 3.36. The maximum atomic E-state index is 13.6. The molecule has 5 heterocycles. The number of pyridine rings is 1. The Labute approximate surface area is 185 Å². The van der Waals surface area contributed by atoms with E-state index in [9.17, 15) is 27.9 Å². The molecule has 2 amide bonds. The summed E-state index contributed by atoms with van der Waals surface area (Å²) in [6.07, 6.45) is 0.197. The number of nitrogens with one attached hydrogen (secondary N) is 1. The number of urea groups is 1. The van der Waals surface area contributed by atoms with Gasteiger partial charge in [-0.1, -0.05) is 6.92 Å². The van der Waals surface area contributed by atoms with Gasteiger partial charge in [0.15, 0.2) is 5.82 Å². The van der Waals surface area contributed by atoms with Crippen molar-refractivity contribution in [3.05, 3.63) is 42.4 Å². The van der Waals surface area contributed by atoms with E-state index in [0.29, 0.717) is 31.0 Å². The standard InChI is InChI=1S/C21H19F3N6O3/c1-11-5-13-8-20(7-11,18(31)32)30(13)19(33)27-16-6-14(15(10-25-16)21(22,23)24)17-26-9-12-3-2-4-29(12)28-17/h2-4,6,9-11,13H,5,7-8H2,1H3,(H,31,32)(H,25,27,33). The second-order valence-electron chi connectivity index (χ2n) is 8.61. The smallest absolute Gasteiger partial charge is 0.418 e. The molecule has 9 nitrogen and oxygen atoms in total. The van der Waals surface area contributed by atoms with Gasteiger partial charge in [0.2, 0.25) is 0 Å². The highest BCUT2D eigenvalue weighted by molar-refractivity contribution is 5.96. The molecule has 3 aromatic rings. The quantitative estimate of drug-likeness (QED) is 0.617. The minimum Gasteiger partial charge on any atom is -0.479 e. The van der Waals surface area contributed by atoms with Gasteiger partial charge in [0.25, 0.3) is 0 Å². The van der Waals surface area contributed by atoms with Gasteiger partial charge in [-0.2, -0.15) is 13.2 Å². The fourth-order valence-corrected chi connectivity index (χ4v) is 5.01. The highest BCUT2D eigenvalue weighted by Gasteiger charge is 2.63. The number of anilines is 1. The number of amides is 2. The van der Waals surface area contributed by atoms with E-state index in [2.05, 4.69) is 20.4 Å². The van der Waals surface area contributed by atoms with E-state index in [0.717, 1.165) is 6.07 Å². The van der Waals surface area contributed by atoms with Crippen LogP contribution in [-0.2, 0) is 11.0 Å². The summed E-state index contributed by atoms with van der Waals surface area (Å²) in [6, 6.07) is 3.49. The first-order valence-electron chi connectivity index (χ1n) is 10.3. The lowest BCUT2D eigenvalue weighted by molar-refractivity contribution is -0.173. The summed E-state index contributed by atoms with van der Waals surface area (Å²) in [5.41, 5.74) is -2.10. The molecule has 3 fully saturated rings. The van der Waals surface area contributed by atoms with Gasteiger partial charge < -0.3 is 10.0 Å². The van der Waals surface area contributed by atoms with Crippen molar-refractivity contribution in [3.8, 4) is 11.4 Å². The summed E-state index contributed by atoms with van der Waals surface area (Å²) in [6.45, 7) is 1.93. The Balaban J connectivity index is 1.49. The zero-order chi connectivity index (χ0) is 23.5. The molecule has 3 aromatic heterocycles. The molecule has 0 aromatic carbocycles. The van der Waals surface area contributed by atoms with Crippen LogP contribution < -0.4 is 5.32 Å². The number of carbonyl (C=O) groups is 2. The first-order chi connectivity index (χ1) is 15.6. The molecule has 172 valence electrons. The second-order valence-corrected chi connectivity index (χ2v) is 8.61. The van der Waals surface area contributed by atoms with E-state index in [1.54, 1.807) is 18.3 Å². The SMILES string of the molecule is CC1CC2CC(C(=O)O)(C1)N2C(=O)Nc1cc(-c2ncc3cccn3n2)c(C(F)(F)F)cn1. The zero-order valence-electron chi connectivity index (χ0n) is 17.4. The molecule has 1 aliphatic carbocycles. The van der Waals surface area contributed by atoms with Gasteiger partial charge in [-0.15, -0.1) is 5.10 Å². The fraction of sp³-hybridized carbons (Fsp3) is 0.381. The lowest BCUT2D eigenvalue weighted by atomic mass is 9.64. The average molecular weight is 460 g/mol. The molecule has 0 spiro atoms. The minimum atomic E-state index is -4.72. The van der Waals surface area contributed by atoms with E-state index >= 15 is 0 Å². The number of rotatable bonds is 3. The third-order valence-electron chi connectivity index (χ3n) is 6.34. The summed E-state index contributed by atoms with van der Waals surface area (Å²) in [7, 11) is 0. The van der Waals surface area contributed by atoms with E-state index in [4.69, 9.17) is 0 Å². The molecule has 12 heteroatoms. The van der Waals surface area contributed by atoms with Crippen molar-refractivity contribution < 1.29 is 27.9 Å². The molecule has 3 unspecified atom stereocenters. The largest absolute Gasteiger partial charge is 0.479 e. The molecule has 3 atom stereocenters. The molecule has 0 radical (unpaired) electrons. The summed E-state index contributed by atoms with van der Waals surface area (Å²) in [4.78, 5) is 33.9. The Morgan fingerprint density at radius 3 is 2.76 bits per heavy atom. The van der Waals surface area contributed by atoms with Gasteiger partial charge in [0.1, 0.15) is 11.4 Å². The molecule has 2 bridgehead atoms. The number of carbonyl (C=O) groups excluding carboxylic acids is 1. The Kier molecular flexibility index (Phi) is 4.59. The first kappa shape index (κ1) is 21.2. The van der Waals surface area contributed by atoms with E-state index in [1.165, 1.54) is 15.6 Å². The zero-order valence-corrected chi connectivity index (χ0v) is 17.4. The van der Waals surface area contributed by atoms with Crippen LogP contribution in [0.4, 0.5) is 23.8 Å². The van der Waals surface area contributed by atoms with Gasteiger partial charge in [-0.25, -0.2) is 24.1 Å². The third-order valence-corrected chi connectivity index (χ3v) is 6.34. The predicted octanol–water partition coefficient (Wildman–Crippen LogP) is 3.67.